The lowest BCUT2D eigenvalue weighted by atomic mass is 9.68. The fourth-order valence-electron chi connectivity index (χ4n) is 11.4. The largest absolute Gasteiger partial charge is 0.455 e. The Kier molecular flexibility index (Phi) is 9.33. The number of para-hydroxylation sites is 2. The number of rotatable bonds is 8. The maximum absolute atomic E-state index is 6.59. The third-order valence-electron chi connectivity index (χ3n) is 14.6. The Bertz CT molecular complexity index is 4070. The van der Waals surface area contributed by atoms with Gasteiger partial charge in [-0.1, -0.05) is 200 Å². The van der Waals surface area contributed by atoms with E-state index in [1.807, 2.05) is 17.4 Å². The van der Waals surface area contributed by atoms with Crippen LogP contribution >= 0.6 is 11.3 Å². The first-order chi connectivity index (χ1) is 34.7. The third-order valence-corrected chi connectivity index (χ3v) is 15.7. The lowest BCUT2D eigenvalue weighted by Gasteiger charge is -2.34. The molecule has 328 valence electrons. The van der Waals surface area contributed by atoms with Crippen LogP contribution in [0.15, 0.2) is 265 Å². The Morgan fingerprint density at radius 3 is 1.66 bits per heavy atom. The molecule has 0 atom stereocenters. The number of anilines is 3. The lowest BCUT2D eigenvalue weighted by molar-refractivity contribution is 0.670. The van der Waals surface area contributed by atoms with Gasteiger partial charge in [-0.05, 0) is 122 Å². The molecule has 0 saturated carbocycles. The quantitative estimate of drug-likeness (QED) is 0.151. The SMILES string of the molecule is c1ccc(C2(c3ccccc3)c3ccccc3-c3cc(N(c4ccc(-c5ccc(-c6ccc7sc8ccccc8c7c6)cc5)cc4)c4cccc(-c5cccc6c5oc5ccccc56)c4)ccc32)cc1. The second-order valence-corrected chi connectivity index (χ2v) is 19.4. The molecule has 0 fully saturated rings. The van der Waals surface area contributed by atoms with Crippen LogP contribution in [0, 0.1) is 0 Å². The van der Waals surface area contributed by atoms with Crippen LogP contribution in [0.1, 0.15) is 22.3 Å². The van der Waals surface area contributed by atoms with Crippen molar-refractivity contribution in [1.29, 1.82) is 0 Å². The van der Waals surface area contributed by atoms with E-state index in [9.17, 15) is 0 Å². The van der Waals surface area contributed by atoms with Crippen molar-refractivity contribution in [3.63, 3.8) is 0 Å². The maximum atomic E-state index is 6.59. The van der Waals surface area contributed by atoms with Crippen LogP contribution in [0.2, 0.25) is 0 Å². The highest BCUT2D eigenvalue weighted by molar-refractivity contribution is 7.25. The lowest BCUT2D eigenvalue weighted by Crippen LogP contribution is -2.28. The van der Waals surface area contributed by atoms with Gasteiger partial charge in [0.2, 0.25) is 0 Å². The Hall–Kier alpha value is -8.76. The van der Waals surface area contributed by atoms with Gasteiger partial charge in [0.1, 0.15) is 11.2 Å². The van der Waals surface area contributed by atoms with Gasteiger partial charge in [-0.2, -0.15) is 0 Å². The summed E-state index contributed by atoms with van der Waals surface area (Å²) in [4.78, 5) is 2.41. The summed E-state index contributed by atoms with van der Waals surface area (Å²) in [7, 11) is 0. The van der Waals surface area contributed by atoms with Gasteiger partial charge in [0.25, 0.3) is 0 Å². The van der Waals surface area contributed by atoms with Crippen LogP contribution in [0.5, 0.6) is 0 Å². The first-order valence-corrected chi connectivity index (χ1v) is 24.8. The number of thiophene rings is 1. The van der Waals surface area contributed by atoms with Crippen molar-refractivity contribution in [3.8, 4) is 44.5 Å². The second-order valence-electron chi connectivity index (χ2n) is 18.4. The minimum atomic E-state index is -0.481. The van der Waals surface area contributed by atoms with E-state index in [1.165, 1.54) is 75.8 Å². The normalized spacial score (nSPS) is 12.7. The van der Waals surface area contributed by atoms with Gasteiger partial charge in [-0.25, -0.2) is 0 Å². The van der Waals surface area contributed by atoms with Crippen molar-refractivity contribution in [1.82, 2.24) is 0 Å². The van der Waals surface area contributed by atoms with E-state index in [1.54, 1.807) is 0 Å². The molecule has 11 aromatic carbocycles. The highest BCUT2D eigenvalue weighted by Crippen LogP contribution is 2.57. The number of nitrogens with zero attached hydrogens (tertiary/aromatic N) is 1. The summed E-state index contributed by atoms with van der Waals surface area (Å²) in [5.74, 6) is 0. The summed E-state index contributed by atoms with van der Waals surface area (Å²) in [5, 5.41) is 4.89. The fraction of sp³-hybridized carbons (Fsp3) is 0.0149. The third kappa shape index (κ3) is 6.32. The first-order valence-electron chi connectivity index (χ1n) is 24.0. The molecule has 0 saturated heterocycles. The molecule has 0 N–H and O–H groups in total. The van der Waals surface area contributed by atoms with Crippen molar-refractivity contribution >= 4 is 70.5 Å². The molecule has 2 aromatic heterocycles. The van der Waals surface area contributed by atoms with Crippen LogP contribution < -0.4 is 4.90 Å². The average Bonchev–Trinajstić information content (AvgIpc) is 4.10. The van der Waals surface area contributed by atoms with Crippen molar-refractivity contribution in [2.75, 3.05) is 4.90 Å². The van der Waals surface area contributed by atoms with Crippen LogP contribution in [-0.4, -0.2) is 0 Å². The topological polar surface area (TPSA) is 16.4 Å². The minimum absolute atomic E-state index is 0.481. The molecule has 3 heteroatoms. The molecule has 1 aliphatic rings. The Balaban J connectivity index is 0.896. The second kappa shape index (κ2) is 16.2. The van der Waals surface area contributed by atoms with Gasteiger partial charge in [0.15, 0.2) is 0 Å². The van der Waals surface area contributed by atoms with Gasteiger partial charge >= 0.3 is 0 Å². The zero-order chi connectivity index (χ0) is 46.2. The summed E-state index contributed by atoms with van der Waals surface area (Å²) in [6.45, 7) is 0. The van der Waals surface area contributed by atoms with Crippen LogP contribution in [-0.2, 0) is 5.41 Å². The number of furan rings is 1. The Labute approximate surface area is 410 Å². The average molecular weight is 910 g/mol. The van der Waals surface area contributed by atoms with Gasteiger partial charge in [-0.15, -0.1) is 11.3 Å². The van der Waals surface area contributed by atoms with E-state index in [4.69, 9.17) is 4.42 Å². The van der Waals surface area contributed by atoms with Gasteiger partial charge in [0, 0.05) is 53.6 Å². The van der Waals surface area contributed by atoms with E-state index in [0.717, 1.165) is 50.1 Å². The Morgan fingerprint density at radius 2 is 0.871 bits per heavy atom. The minimum Gasteiger partial charge on any atom is -0.455 e. The number of hydrogen-bond donors (Lipinski definition) is 0. The highest BCUT2D eigenvalue weighted by atomic mass is 32.1. The van der Waals surface area contributed by atoms with Gasteiger partial charge in [0.05, 0.1) is 5.41 Å². The van der Waals surface area contributed by atoms with Crippen LogP contribution in [0.3, 0.4) is 0 Å². The van der Waals surface area contributed by atoms with Crippen molar-refractivity contribution in [3.05, 3.63) is 283 Å². The van der Waals surface area contributed by atoms with E-state index in [-0.39, 0.29) is 0 Å². The molecule has 0 aliphatic heterocycles. The van der Waals surface area contributed by atoms with E-state index < -0.39 is 5.41 Å². The highest BCUT2D eigenvalue weighted by Gasteiger charge is 2.46. The summed E-state index contributed by atoms with van der Waals surface area (Å²) in [5.41, 5.74) is 19.0. The van der Waals surface area contributed by atoms with Crippen LogP contribution in [0.4, 0.5) is 17.1 Å². The molecule has 0 bridgehead atoms. The molecule has 0 radical (unpaired) electrons. The summed E-state index contributed by atoms with van der Waals surface area (Å²) in [6.07, 6.45) is 0. The predicted octanol–water partition coefficient (Wildman–Crippen LogP) is 18.8. The first kappa shape index (κ1) is 40.3. The molecule has 0 amide bonds. The molecule has 13 aromatic rings. The van der Waals surface area contributed by atoms with Crippen molar-refractivity contribution in [2.45, 2.75) is 5.41 Å². The summed E-state index contributed by atoms with van der Waals surface area (Å²) in [6, 6.07) is 95.5. The molecule has 0 spiro atoms. The molecule has 2 heterocycles. The molecular formula is C67H43NOS. The molecule has 70 heavy (non-hydrogen) atoms. The van der Waals surface area contributed by atoms with E-state index in [0.29, 0.717) is 0 Å². The van der Waals surface area contributed by atoms with Gasteiger partial charge in [-0.3, -0.25) is 0 Å². The Morgan fingerprint density at radius 1 is 0.314 bits per heavy atom. The molecule has 1 aliphatic carbocycles. The maximum Gasteiger partial charge on any atom is 0.143 e. The number of hydrogen-bond acceptors (Lipinski definition) is 3. The monoisotopic (exact) mass is 909 g/mol. The molecule has 0 unspecified atom stereocenters. The van der Waals surface area contributed by atoms with Crippen LogP contribution in [0.25, 0.3) is 86.6 Å². The molecular weight excluding hydrogens is 867 g/mol. The summed E-state index contributed by atoms with van der Waals surface area (Å²) < 4.78 is 9.24. The molecule has 14 rings (SSSR count). The summed E-state index contributed by atoms with van der Waals surface area (Å²) >= 11 is 1.86. The predicted molar refractivity (Wildman–Crippen MR) is 295 cm³/mol. The van der Waals surface area contributed by atoms with Gasteiger partial charge < -0.3 is 9.32 Å². The number of fused-ring (bicyclic) bond motifs is 9. The standard InChI is InChI=1S/C67H43NOS/c1-3-16-49(17-4-1)67(50-18-5-2-6-19-50)61-26-10-7-21-55(61)59-43-53(38-39-62(59)67)68(52-20-13-15-48(41-52)54-24-14-25-58-56-22-8-11-27-63(56)69-66(54)58)51-36-33-45(34-37-51)44-29-31-46(32-30-44)47-35-40-65-60(42-47)57-23-9-12-28-64(57)70-65/h1-43H. The van der Waals surface area contributed by atoms with E-state index >= 15 is 0 Å². The number of benzene rings is 11. The van der Waals surface area contributed by atoms with Crippen molar-refractivity contribution in [2.24, 2.45) is 0 Å². The zero-order valence-corrected chi connectivity index (χ0v) is 38.9. The zero-order valence-electron chi connectivity index (χ0n) is 38.1. The van der Waals surface area contributed by atoms with E-state index in [2.05, 4.69) is 260 Å². The fourth-order valence-corrected chi connectivity index (χ4v) is 12.5. The van der Waals surface area contributed by atoms with Crippen molar-refractivity contribution < 1.29 is 4.42 Å². The smallest absolute Gasteiger partial charge is 0.143 e. The molecule has 2 nitrogen and oxygen atoms in total.